The van der Waals surface area contributed by atoms with Crippen LogP contribution >= 0.6 is 12.6 Å². The van der Waals surface area contributed by atoms with Crippen LogP contribution in [0, 0.1) is 0 Å². The fourth-order valence-electron chi connectivity index (χ4n) is 0.985. The molecular weight excluding hydrogens is 188 g/mol. The Labute approximate surface area is 81.3 Å². The van der Waals surface area contributed by atoms with Gasteiger partial charge in [0.2, 0.25) is 0 Å². The summed E-state index contributed by atoms with van der Waals surface area (Å²) in [4.78, 5) is 0.312. The van der Waals surface area contributed by atoms with Crippen LogP contribution in [0.5, 0.6) is 0 Å². The summed E-state index contributed by atoms with van der Waals surface area (Å²) >= 11 is 4.42. The zero-order valence-corrected chi connectivity index (χ0v) is 9.64. The van der Waals surface area contributed by atoms with Crippen LogP contribution in [0.2, 0.25) is 6.55 Å². The highest BCUT2D eigenvalue weighted by Crippen LogP contribution is 2.05. The smallest absolute Gasteiger partial charge is 0.0699 e. The van der Waals surface area contributed by atoms with Crippen LogP contribution < -0.4 is 0 Å². The highest BCUT2D eigenvalue weighted by atomic mass is 32.1. The van der Waals surface area contributed by atoms with E-state index in [0.717, 1.165) is 12.8 Å². The van der Waals surface area contributed by atoms with E-state index in [1.807, 2.05) is 6.55 Å². The summed E-state index contributed by atoms with van der Waals surface area (Å²) in [6.07, 6.45) is 2.57. The topological polar surface area (TPSA) is 40.5 Å². The van der Waals surface area contributed by atoms with Gasteiger partial charge < -0.3 is 10.2 Å². The summed E-state index contributed by atoms with van der Waals surface area (Å²) in [6, 6.07) is 0. The first-order chi connectivity index (χ1) is 5.63. The van der Waals surface area contributed by atoms with Crippen LogP contribution in [-0.4, -0.2) is 35.5 Å². The van der Waals surface area contributed by atoms with Crippen LogP contribution in [0.3, 0.4) is 0 Å². The van der Waals surface area contributed by atoms with E-state index in [2.05, 4.69) is 19.6 Å². The summed E-state index contributed by atoms with van der Waals surface area (Å²) in [6.45, 7) is 4.20. The predicted molar refractivity (Wildman–Crippen MR) is 57.9 cm³/mol. The number of hydrogen-bond acceptors (Lipinski definition) is 3. The normalized spacial score (nSPS) is 15.7. The molecule has 0 saturated heterocycles. The minimum Gasteiger partial charge on any atom is -0.518 e. The van der Waals surface area contributed by atoms with Gasteiger partial charge in [-0.25, -0.2) is 0 Å². The monoisotopic (exact) mass is 206 g/mol. The lowest BCUT2D eigenvalue weighted by molar-refractivity contribution is 0.300. The van der Waals surface area contributed by atoms with E-state index in [1.54, 1.807) is 0 Å². The first kappa shape index (κ1) is 12.2. The molecule has 1 atom stereocenters. The van der Waals surface area contributed by atoms with Crippen LogP contribution in [0.15, 0.2) is 0 Å². The minimum absolute atomic E-state index is 0.0421. The SMILES string of the molecule is CCCC(S)/[Si](C)=C(\O)CCO. The molecular formula is C8H18O2SSi. The van der Waals surface area contributed by atoms with E-state index in [0.29, 0.717) is 16.6 Å². The Kier molecular flexibility index (Phi) is 6.79. The van der Waals surface area contributed by atoms with Crippen LogP contribution in [-0.2, 0) is 0 Å². The maximum Gasteiger partial charge on any atom is 0.0699 e. The molecule has 0 aromatic rings. The molecule has 0 amide bonds. The molecule has 0 radical (unpaired) electrons. The van der Waals surface area contributed by atoms with E-state index in [9.17, 15) is 5.11 Å². The minimum atomic E-state index is -0.894. The Balaban J connectivity index is 4.11. The van der Waals surface area contributed by atoms with Crippen molar-refractivity contribution in [2.75, 3.05) is 6.61 Å². The van der Waals surface area contributed by atoms with Gasteiger partial charge in [0.05, 0.1) is 13.8 Å². The Morgan fingerprint density at radius 3 is 2.58 bits per heavy atom. The Morgan fingerprint density at radius 2 is 2.17 bits per heavy atom. The lowest BCUT2D eigenvalue weighted by Gasteiger charge is -2.10. The fraction of sp³-hybridized carbons (Fsp3) is 0.875. The van der Waals surface area contributed by atoms with Gasteiger partial charge in [0.15, 0.2) is 0 Å². The zero-order chi connectivity index (χ0) is 9.56. The van der Waals surface area contributed by atoms with Gasteiger partial charge in [0.1, 0.15) is 0 Å². The molecule has 0 aromatic heterocycles. The summed E-state index contributed by atoms with van der Waals surface area (Å²) in [5.41, 5.74) is 0. The average Bonchev–Trinajstić information content (AvgIpc) is 2.04. The maximum absolute atomic E-state index is 9.47. The summed E-state index contributed by atoms with van der Waals surface area (Å²) < 4.78 is 0. The second kappa shape index (κ2) is 6.68. The first-order valence-corrected chi connectivity index (χ1v) is 6.90. The van der Waals surface area contributed by atoms with Gasteiger partial charge in [-0.3, -0.25) is 0 Å². The van der Waals surface area contributed by atoms with E-state index < -0.39 is 8.41 Å². The quantitative estimate of drug-likeness (QED) is 0.467. The Morgan fingerprint density at radius 1 is 1.58 bits per heavy atom. The lowest BCUT2D eigenvalue weighted by atomic mass is 10.4. The third-order valence-corrected chi connectivity index (χ3v) is 5.73. The van der Waals surface area contributed by atoms with Crippen molar-refractivity contribution in [3.05, 3.63) is 0 Å². The Bertz CT molecular complexity index is 159. The van der Waals surface area contributed by atoms with Crippen molar-refractivity contribution in [1.82, 2.24) is 0 Å². The second-order valence-electron chi connectivity index (χ2n) is 2.91. The molecule has 0 aliphatic rings. The van der Waals surface area contributed by atoms with E-state index in [4.69, 9.17) is 5.11 Å². The molecule has 0 rings (SSSR count). The maximum atomic E-state index is 9.47. The second-order valence-corrected chi connectivity index (χ2v) is 6.66. The van der Waals surface area contributed by atoms with Gasteiger partial charge in [0, 0.05) is 17.9 Å². The molecule has 2 nitrogen and oxygen atoms in total. The molecule has 0 aliphatic carbocycles. The lowest BCUT2D eigenvalue weighted by Crippen LogP contribution is -2.24. The van der Waals surface area contributed by atoms with Gasteiger partial charge in [-0.2, -0.15) is 12.6 Å². The van der Waals surface area contributed by atoms with Gasteiger partial charge in [-0.05, 0) is 6.42 Å². The summed E-state index contributed by atoms with van der Waals surface area (Å²) in [7, 11) is -0.894. The largest absolute Gasteiger partial charge is 0.518 e. The molecule has 12 heavy (non-hydrogen) atoms. The third kappa shape index (κ3) is 4.28. The standard InChI is InChI=1S/C8H18O2SSi/c1-3-4-8(11)12(2)7(10)5-6-9/h8-11H,3-6H2,1-2H3/b12-7-. The van der Waals surface area contributed by atoms with Crippen molar-refractivity contribution < 1.29 is 10.2 Å². The highest BCUT2D eigenvalue weighted by Gasteiger charge is 2.09. The molecule has 72 valence electrons. The average molecular weight is 206 g/mol. The van der Waals surface area contributed by atoms with Gasteiger partial charge >= 0.3 is 0 Å². The molecule has 0 aromatic carbocycles. The molecule has 2 N–H and O–H groups in total. The van der Waals surface area contributed by atoms with Crippen molar-refractivity contribution >= 4 is 26.4 Å². The molecule has 4 heteroatoms. The van der Waals surface area contributed by atoms with E-state index >= 15 is 0 Å². The van der Waals surface area contributed by atoms with Crippen molar-refractivity contribution in [3.63, 3.8) is 0 Å². The number of thiol groups is 1. The third-order valence-electron chi connectivity index (χ3n) is 1.87. The van der Waals surface area contributed by atoms with Crippen molar-refractivity contribution in [2.24, 2.45) is 0 Å². The van der Waals surface area contributed by atoms with Crippen LogP contribution in [0.25, 0.3) is 0 Å². The molecule has 0 fully saturated rings. The highest BCUT2D eigenvalue weighted by molar-refractivity contribution is 7.82. The summed E-state index contributed by atoms with van der Waals surface area (Å²) in [5.74, 6) is 0. The number of aliphatic hydroxyl groups excluding tert-OH is 2. The molecule has 0 spiro atoms. The van der Waals surface area contributed by atoms with Gasteiger partial charge in [-0.1, -0.05) is 19.9 Å². The Hall–Kier alpha value is 0.197. The van der Waals surface area contributed by atoms with Crippen molar-refractivity contribution in [1.29, 1.82) is 0 Å². The van der Waals surface area contributed by atoms with E-state index in [-0.39, 0.29) is 6.61 Å². The van der Waals surface area contributed by atoms with Crippen LogP contribution in [0.4, 0.5) is 0 Å². The predicted octanol–water partition coefficient (Wildman–Crippen LogP) is 1.22. The molecule has 0 heterocycles. The van der Waals surface area contributed by atoms with Crippen LogP contribution in [0.1, 0.15) is 26.2 Å². The molecule has 1 unspecified atom stereocenters. The number of rotatable bonds is 5. The number of aliphatic hydroxyl groups is 2. The molecule has 0 bridgehead atoms. The first-order valence-electron chi connectivity index (χ1n) is 4.31. The van der Waals surface area contributed by atoms with Gasteiger partial charge in [0.25, 0.3) is 0 Å². The molecule has 0 aliphatic heterocycles. The summed E-state index contributed by atoms with van der Waals surface area (Å²) in [5, 5.41) is 18.5. The van der Waals surface area contributed by atoms with Crippen molar-refractivity contribution in [2.45, 2.75) is 37.6 Å². The molecule has 0 saturated carbocycles. The zero-order valence-electron chi connectivity index (χ0n) is 7.75. The number of hydrogen-bond donors (Lipinski definition) is 3. The van der Waals surface area contributed by atoms with Gasteiger partial charge in [-0.15, -0.1) is 0 Å². The fourth-order valence-corrected chi connectivity index (χ4v) is 3.30. The van der Waals surface area contributed by atoms with Crippen molar-refractivity contribution in [3.8, 4) is 0 Å². The van der Waals surface area contributed by atoms with E-state index in [1.165, 1.54) is 0 Å².